The fraction of sp³-hybridized carbons (Fsp3) is 0.222. The van der Waals surface area contributed by atoms with Crippen LogP contribution in [0.5, 0.6) is 0 Å². The molecule has 0 radical (unpaired) electrons. The van der Waals surface area contributed by atoms with E-state index in [0.29, 0.717) is 11.5 Å². The lowest BCUT2D eigenvalue weighted by molar-refractivity contribution is 0.0955. The van der Waals surface area contributed by atoms with Crippen LogP contribution in [0.3, 0.4) is 0 Å². The molecule has 1 N–H and O–H groups in total. The Hall–Kier alpha value is -2.42. The number of hydrazone groups is 1. The summed E-state index contributed by atoms with van der Waals surface area (Å²) < 4.78 is 0. The zero-order valence-electron chi connectivity index (χ0n) is 12.6. The Morgan fingerprint density at radius 2 is 1.57 bits per heavy atom. The summed E-state index contributed by atoms with van der Waals surface area (Å²) >= 11 is 0. The van der Waals surface area contributed by atoms with Crippen LogP contribution < -0.4 is 5.43 Å². The molecule has 0 bridgehead atoms. The van der Waals surface area contributed by atoms with Gasteiger partial charge in [-0.2, -0.15) is 5.10 Å². The highest BCUT2D eigenvalue weighted by atomic mass is 16.2. The average Bonchev–Trinajstić information content (AvgIpc) is 2.53. The van der Waals surface area contributed by atoms with E-state index in [9.17, 15) is 4.79 Å². The van der Waals surface area contributed by atoms with Gasteiger partial charge in [-0.3, -0.25) is 4.79 Å². The molecule has 2 aromatic carbocycles. The van der Waals surface area contributed by atoms with E-state index in [2.05, 4.69) is 24.4 Å². The molecule has 21 heavy (non-hydrogen) atoms. The Morgan fingerprint density at radius 3 is 2.14 bits per heavy atom. The second kappa shape index (κ2) is 6.84. The fourth-order valence-electron chi connectivity index (χ4n) is 1.96. The van der Waals surface area contributed by atoms with E-state index < -0.39 is 0 Å². The highest BCUT2D eigenvalue weighted by Gasteiger charge is 2.06. The summed E-state index contributed by atoms with van der Waals surface area (Å²) in [6.45, 7) is 6.13. The van der Waals surface area contributed by atoms with Crippen LogP contribution in [0, 0.1) is 0 Å². The van der Waals surface area contributed by atoms with E-state index in [0.717, 1.165) is 11.3 Å². The van der Waals surface area contributed by atoms with Crippen LogP contribution in [0.25, 0.3) is 0 Å². The van der Waals surface area contributed by atoms with Gasteiger partial charge in [0.15, 0.2) is 0 Å². The van der Waals surface area contributed by atoms with Crippen molar-refractivity contribution in [2.45, 2.75) is 26.7 Å². The summed E-state index contributed by atoms with van der Waals surface area (Å²) in [6, 6.07) is 17.4. The van der Waals surface area contributed by atoms with Crippen LogP contribution in [0.2, 0.25) is 0 Å². The maximum atomic E-state index is 12.0. The number of nitrogens with zero attached hydrogens (tertiary/aromatic N) is 1. The third-order valence-corrected chi connectivity index (χ3v) is 3.36. The van der Waals surface area contributed by atoms with Gasteiger partial charge in [0.1, 0.15) is 0 Å². The number of rotatable bonds is 4. The van der Waals surface area contributed by atoms with Crippen LogP contribution in [-0.2, 0) is 0 Å². The molecule has 1 amide bonds. The standard InChI is InChI=1S/C18H20N2O/c1-13(2)15-9-11-17(12-10-15)18(21)20-19-14(3)16-7-5-4-6-8-16/h4-13H,1-3H3,(H,20,21)/b19-14+. The minimum atomic E-state index is -0.194. The minimum Gasteiger partial charge on any atom is -0.267 e. The lowest BCUT2D eigenvalue weighted by Crippen LogP contribution is -2.19. The maximum absolute atomic E-state index is 12.0. The first-order valence-corrected chi connectivity index (χ1v) is 7.08. The Balaban J connectivity index is 2.04. The van der Waals surface area contributed by atoms with E-state index in [1.54, 1.807) is 0 Å². The van der Waals surface area contributed by atoms with Crippen LogP contribution in [0.4, 0.5) is 0 Å². The fourth-order valence-corrected chi connectivity index (χ4v) is 1.96. The van der Waals surface area contributed by atoms with Crippen molar-refractivity contribution in [2.75, 3.05) is 0 Å². The number of amides is 1. The van der Waals surface area contributed by atoms with Crippen molar-refractivity contribution in [2.24, 2.45) is 5.10 Å². The van der Waals surface area contributed by atoms with Gasteiger partial charge in [0.25, 0.3) is 5.91 Å². The van der Waals surface area contributed by atoms with Gasteiger partial charge in [0.2, 0.25) is 0 Å². The van der Waals surface area contributed by atoms with Gasteiger partial charge < -0.3 is 0 Å². The highest BCUT2D eigenvalue weighted by Crippen LogP contribution is 2.14. The smallest absolute Gasteiger partial charge is 0.267 e. The van der Waals surface area contributed by atoms with Gasteiger partial charge in [0, 0.05) is 5.56 Å². The SMILES string of the molecule is C/C(=N\NC(=O)c1ccc(C(C)C)cc1)c1ccccc1. The van der Waals surface area contributed by atoms with E-state index in [4.69, 9.17) is 0 Å². The van der Waals surface area contributed by atoms with Gasteiger partial charge in [-0.1, -0.05) is 56.3 Å². The first kappa shape index (κ1) is 15.0. The molecule has 0 aliphatic carbocycles. The van der Waals surface area contributed by atoms with Crippen LogP contribution in [0.1, 0.15) is 48.2 Å². The Kier molecular flexibility index (Phi) is 4.88. The number of hydrogen-bond acceptors (Lipinski definition) is 2. The van der Waals surface area contributed by atoms with Crippen LogP contribution in [-0.4, -0.2) is 11.6 Å². The van der Waals surface area contributed by atoms with Gasteiger partial charge in [-0.05, 0) is 36.1 Å². The average molecular weight is 280 g/mol. The number of nitrogens with one attached hydrogen (secondary N) is 1. The molecular weight excluding hydrogens is 260 g/mol. The molecule has 3 heteroatoms. The molecule has 2 aromatic rings. The molecule has 0 heterocycles. The molecule has 0 aliphatic heterocycles. The van der Waals surface area contributed by atoms with Crippen molar-refractivity contribution < 1.29 is 4.79 Å². The molecule has 0 saturated carbocycles. The van der Waals surface area contributed by atoms with E-state index in [1.807, 2.05) is 61.5 Å². The van der Waals surface area contributed by atoms with Crippen LogP contribution >= 0.6 is 0 Å². The van der Waals surface area contributed by atoms with Crippen molar-refractivity contribution in [3.05, 3.63) is 71.3 Å². The quantitative estimate of drug-likeness (QED) is 0.668. The molecule has 108 valence electrons. The molecule has 2 rings (SSSR count). The maximum Gasteiger partial charge on any atom is 0.271 e. The molecule has 0 atom stereocenters. The predicted octanol–water partition coefficient (Wildman–Crippen LogP) is 3.96. The summed E-state index contributed by atoms with van der Waals surface area (Å²) in [5, 5.41) is 4.15. The molecule has 0 fully saturated rings. The molecule has 3 nitrogen and oxygen atoms in total. The first-order valence-electron chi connectivity index (χ1n) is 7.08. The number of benzene rings is 2. The lowest BCUT2D eigenvalue weighted by Gasteiger charge is -2.06. The monoisotopic (exact) mass is 280 g/mol. The van der Waals surface area contributed by atoms with Crippen molar-refractivity contribution in [1.29, 1.82) is 0 Å². The second-order valence-electron chi connectivity index (χ2n) is 5.28. The lowest BCUT2D eigenvalue weighted by atomic mass is 10.0. The largest absolute Gasteiger partial charge is 0.271 e. The number of carbonyl (C=O) groups excluding carboxylic acids is 1. The molecule has 0 saturated heterocycles. The number of hydrogen-bond donors (Lipinski definition) is 1. The first-order chi connectivity index (χ1) is 10.1. The third-order valence-electron chi connectivity index (χ3n) is 3.36. The Labute approximate surface area is 125 Å². The van der Waals surface area contributed by atoms with Crippen molar-refractivity contribution in [1.82, 2.24) is 5.43 Å². The van der Waals surface area contributed by atoms with Gasteiger partial charge in [0.05, 0.1) is 5.71 Å². The van der Waals surface area contributed by atoms with E-state index in [-0.39, 0.29) is 5.91 Å². The summed E-state index contributed by atoms with van der Waals surface area (Å²) in [4.78, 5) is 12.0. The van der Waals surface area contributed by atoms with Gasteiger partial charge in [-0.25, -0.2) is 5.43 Å². The summed E-state index contributed by atoms with van der Waals surface area (Å²) in [7, 11) is 0. The summed E-state index contributed by atoms with van der Waals surface area (Å²) in [5.74, 6) is 0.265. The second-order valence-corrected chi connectivity index (χ2v) is 5.28. The summed E-state index contributed by atoms with van der Waals surface area (Å²) in [5.41, 5.74) is 6.20. The predicted molar refractivity (Wildman–Crippen MR) is 86.7 cm³/mol. The topological polar surface area (TPSA) is 41.5 Å². The van der Waals surface area contributed by atoms with Crippen molar-refractivity contribution >= 4 is 11.6 Å². The van der Waals surface area contributed by atoms with Crippen molar-refractivity contribution in [3.8, 4) is 0 Å². The molecule has 0 unspecified atom stereocenters. The van der Waals surface area contributed by atoms with Crippen molar-refractivity contribution in [3.63, 3.8) is 0 Å². The normalized spacial score (nSPS) is 11.5. The number of carbonyl (C=O) groups is 1. The molecule has 0 aromatic heterocycles. The highest BCUT2D eigenvalue weighted by molar-refractivity contribution is 6.00. The third kappa shape index (κ3) is 4.02. The van der Waals surface area contributed by atoms with Gasteiger partial charge in [-0.15, -0.1) is 0 Å². The van der Waals surface area contributed by atoms with E-state index in [1.165, 1.54) is 5.56 Å². The summed E-state index contributed by atoms with van der Waals surface area (Å²) in [6.07, 6.45) is 0. The molecule has 0 spiro atoms. The molecule has 0 aliphatic rings. The van der Waals surface area contributed by atoms with E-state index >= 15 is 0 Å². The Bertz CT molecular complexity index is 628. The Morgan fingerprint density at radius 1 is 0.952 bits per heavy atom. The van der Waals surface area contributed by atoms with Crippen LogP contribution in [0.15, 0.2) is 59.7 Å². The minimum absolute atomic E-state index is 0.194. The zero-order valence-corrected chi connectivity index (χ0v) is 12.6. The molecular formula is C18H20N2O. The van der Waals surface area contributed by atoms with Gasteiger partial charge >= 0.3 is 0 Å². The zero-order chi connectivity index (χ0) is 15.2.